The van der Waals surface area contributed by atoms with Crippen LogP contribution in [-0.4, -0.2) is 18.3 Å². The summed E-state index contributed by atoms with van der Waals surface area (Å²) >= 11 is 9.38. The average molecular weight is 321 g/mol. The van der Waals surface area contributed by atoms with Gasteiger partial charge in [-0.15, -0.1) is 0 Å². The first-order chi connectivity index (χ1) is 8.17. The zero-order valence-electron chi connectivity index (χ0n) is 10.0. The summed E-state index contributed by atoms with van der Waals surface area (Å²) in [4.78, 5) is 0. The first-order valence-electron chi connectivity index (χ1n) is 5.92. The standard InChI is InChI=1S/C13H19BrClNO/c1-2-10(5-6-17)8-16-9-11-3-4-12(15)7-13(11)14/h3-4,7,10,16-17H,2,5-6,8-9H2,1H3. The third kappa shape index (κ3) is 5.38. The molecule has 0 aromatic heterocycles. The zero-order valence-corrected chi connectivity index (χ0v) is 12.4. The summed E-state index contributed by atoms with van der Waals surface area (Å²) in [7, 11) is 0. The quantitative estimate of drug-likeness (QED) is 0.804. The van der Waals surface area contributed by atoms with E-state index in [1.807, 2.05) is 18.2 Å². The molecule has 0 saturated heterocycles. The Morgan fingerprint density at radius 1 is 1.47 bits per heavy atom. The van der Waals surface area contributed by atoms with Crippen molar-refractivity contribution in [2.24, 2.45) is 5.92 Å². The van der Waals surface area contributed by atoms with Gasteiger partial charge < -0.3 is 10.4 Å². The monoisotopic (exact) mass is 319 g/mol. The van der Waals surface area contributed by atoms with E-state index in [1.54, 1.807) is 0 Å². The van der Waals surface area contributed by atoms with E-state index in [4.69, 9.17) is 16.7 Å². The topological polar surface area (TPSA) is 32.3 Å². The summed E-state index contributed by atoms with van der Waals surface area (Å²) in [5.74, 6) is 0.547. The second-order valence-electron chi connectivity index (χ2n) is 4.15. The molecule has 0 radical (unpaired) electrons. The Labute approximate surface area is 117 Å². The minimum atomic E-state index is 0.269. The summed E-state index contributed by atoms with van der Waals surface area (Å²) in [6.45, 7) is 4.18. The fourth-order valence-electron chi connectivity index (χ4n) is 1.71. The number of nitrogens with one attached hydrogen (secondary N) is 1. The number of hydrogen-bond acceptors (Lipinski definition) is 2. The Balaban J connectivity index is 2.39. The normalized spacial score (nSPS) is 12.7. The number of rotatable bonds is 7. The lowest BCUT2D eigenvalue weighted by molar-refractivity contribution is 0.251. The lowest BCUT2D eigenvalue weighted by atomic mass is 10.0. The van der Waals surface area contributed by atoms with Gasteiger partial charge in [0.15, 0.2) is 0 Å². The Bertz CT molecular complexity index is 346. The summed E-state index contributed by atoms with van der Waals surface area (Å²) in [5, 5.41) is 13.1. The van der Waals surface area contributed by atoms with Crippen LogP contribution < -0.4 is 5.32 Å². The first-order valence-corrected chi connectivity index (χ1v) is 7.10. The van der Waals surface area contributed by atoms with Crippen LogP contribution in [0.3, 0.4) is 0 Å². The largest absolute Gasteiger partial charge is 0.396 e. The highest BCUT2D eigenvalue weighted by atomic mass is 79.9. The van der Waals surface area contributed by atoms with Gasteiger partial charge in [0.2, 0.25) is 0 Å². The minimum absolute atomic E-state index is 0.269. The molecule has 0 aliphatic rings. The van der Waals surface area contributed by atoms with Crippen LogP contribution in [0.1, 0.15) is 25.3 Å². The van der Waals surface area contributed by atoms with Crippen molar-refractivity contribution < 1.29 is 5.11 Å². The molecule has 0 spiro atoms. The zero-order chi connectivity index (χ0) is 12.7. The molecule has 1 aromatic rings. The number of aliphatic hydroxyl groups is 1. The van der Waals surface area contributed by atoms with Crippen molar-refractivity contribution >= 4 is 27.5 Å². The Hall–Kier alpha value is -0.0900. The van der Waals surface area contributed by atoms with E-state index in [2.05, 4.69) is 28.2 Å². The van der Waals surface area contributed by atoms with Gasteiger partial charge in [-0.2, -0.15) is 0 Å². The molecule has 2 nitrogen and oxygen atoms in total. The summed E-state index contributed by atoms with van der Waals surface area (Å²) in [6, 6.07) is 5.82. The van der Waals surface area contributed by atoms with Crippen molar-refractivity contribution in [2.75, 3.05) is 13.2 Å². The lowest BCUT2D eigenvalue weighted by Gasteiger charge is -2.14. The maximum atomic E-state index is 8.91. The number of benzene rings is 1. The highest BCUT2D eigenvalue weighted by Gasteiger charge is 2.06. The maximum Gasteiger partial charge on any atom is 0.0434 e. The van der Waals surface area contributed by atoms with Gasteiger partial charge in [0.05, 0.1) is 0 Å². The molecule has 1 atom stereocenters. The van der Waals surface area contributed by atoms with Crippen molar-refractivity contribution in [3.05, 3.63) is 33.3 Å². The molecule has 1 aromatic carbocycles. The van der Waals surface area contributed by atoms with E-state index < -0.39 is 0 Å². The summed E-state index contributed by atoms with van der Waals surface area (Å²) < 4.78 is 1.03. The van der Waals surface area contributed by atoms with Gasteiger partial charge in [-0.05, 0) is 36.6 Å². The fourth-order valence-corrected chi connectivity index (χ4v) is 2.53. The van der Waals surface area contributed by atoms with Gasteiger partial charge >= 0.3 is 0 Å². The molecule has 4 heteroatoms. The van der Waals surface area contributed by atoms with Gasteiger partial charge in [-0.3, -0.25) is 0 Å². The van der Waals surface area contributed by atoms with Gasteiger partial charge in [-0.25, -0.2) is 0 Å². The van der Waals surface area contributed by atoms with Gasteiger partial charge in [-0.1, -0.05) is 46.9 Å². The van der Waals surface area contributed by atoms with Crippen LogP contribution in [-0.2, 0) is 6.54 Å². The van der Waals surface area contributed by atoms with E-state index in [0.29, 0.717) is 5.92 Å². The van der Waals surface area contributed by atoms with E-state index in [-0.39, 0.29) is 6.61 Å². The molecule has 0 aliphatic heterocycles. The Morgan fingerprint density at radius 3 is 2.82 bits per heavy atom. The second kappa shape index (κ2) is 8.09. The number of halogens is 2. The minimum Gasteiger partial charge on any atom is -0.396 e. The van der Waals surface area contributed by atoms with Gasteiger partial charge in [0.25, 0.3) is 0 Å². The molecule has 17 heavy (non-hydrogen) atoms. The molecular formula is C13H19BrClNO. The third-order valence-electron chi connectivity index (χ3n) is 2.88. The van der Waals surface area contributed by atoms with E-state index in [0.717, 1.165) is 35.4 Å². The van der Waals surface area contributed by atoms with Crippen LogP contribution in [0.4, 0.5) is 0 Å². The molecule has 0 fully saturated rings. The highest BCUT2D eigenvalue weighted by molar-refractivity contribution is 9.10. The predicted molar refractivity (Wildman–Crippen MR) is 76.3 cm³/mol. The summed E-state index contributed by atoms with van der Waals surface area (Å²) in [5.41, 5.74) is 1.20. The van der Waals surface area contributed by atoms with Crippen molar-refractivity contribution in [1.82, 2.24) is 5.32 Å². The highest BCUT2D eigenvalue weighted by Crippen LogP contribution is 2.21. The van der Waals surface area contributed by atoms with Crippen LogP contribution in [0.25, 0.3) is 0 Å². The molecule has 0 amide bonds. The van der Waals surface area contributed by atoms with Crippen LogP contribution in [0.5, 0.6) is 0 Å². The van der Waals surface area contributed by atoms with Gasteiger partial charge in [0.1, 0.15) is 0 Å². The molecule has 1 rings (SSSR count). The molecule has 2 N–H and O–H groups in total. The van der Waals surface area contributed by atoms with Crippen molar-refractivity contribution in [2.45, 2.75) is 26.3 Å². The molecule has 0 heterocycles. The lowest BCUT2D eigenvalue weighted by Crippen LogP contribution is -2.23. The third-order valence-corrected chi connectivity index (χ3v) is 3.85. The SMILES string of the molecule is CCC(CCO)CNCc1ccc(Cl)cc1Br. The van der Waals surface area contributed by atoms with E-state index >= 15 is 0 Å². The molecule has 1 unspecified atom stereocenters. The number of hydrogen-bond donors (Lipinski definition) is 2. The van der Waals surface area contributed by atoms with Crippen LogP contribution >= 0.6 is 27.5 Å². The van der Waals surface area contributed by atoms with Crippen LogP contribution in [0.2, 0.25) is 5.02 Å². The molecule has 96 valence electrons. The molecular weight excluding hydrogens is 302 g/mol. The second-order valence-corrected chi connectivity index (χ2v) is 5.44. The average Bonchev–Trinajstić information content (AvgIpc) is 2.30. The number of aliphatic hydroxyl groups excluding tert-OH is 1. The Kier molecular flexibility index (Phi) is 7.12. The smallest absolute Gasteiger partial charge is 0.0434 e. The molecule has 0 aliphatic carbocycles. The molecule has 0 bridgehead atoms. The Morgan fingerprint density at radius 2 is 2.24 bits per heavy atom. The van der Waals surface area contributed by atoms with Crippen molar-refractivity contribution in [3.8, 4) is 0 Å². The summed E-state index contributed by atoms with van der Waals surface area (Å²) in [6.07, 6.45) is 1.96. The van der Waals surface area contributed by atoms with Crippen molar-refractivity contribution in [1.29, 1.82) is 0 Å². The van der Waals surface area contributed by atoms with E-state index in [1.165, 1.54) is 5.56 Å². The predicted octanol–water partition coefficient (Wildman–Crippen LogP) is 3.60. The first kappa shape index (κ1) is 15.0. The van der Waals surface area contributed by atoms with E-state index in [9.17, 15) is 0 Å². The maximum absolute atomic E-state index is 8.91. The van der Waals surface area contributed by atoms with Gasteiger partial charge in [0, 0.05) is 22.6 Å². The van der Waals surface area contributed by atoms with Crippen LogP contribution in [0.15, 0.2) is 22.7 Å². The fraction of sp³-hybridized carbons (Fsp3) is 0.538. The molecule has 0 saturated carbocycles. The van der Waals surface area contributed by atoms with Crippen molar-refractivity contribution in [3.63, 3.8) is 0 Å². The van der Waals surface area contributed by atoms with Crippen LogP contribution in [0, 0.1) is 5.92 Å².